The summed E-state index contributed by atoms with van der Waals surface area (Å²) < 4.78 is 6.06. The minimum Gasteiger partial charge on any atom is -0.366 e. The number of hydrogen-bond donors (Lipinski definition) is 0. The van der Waals surface area contributed by atoms with Gasteiger partial charge in [0, 0.05) is 13.1 Å². The Morgan fingerprint density at radius 1 is 1.21 bits per heavy atom. The molecular formula is C15H19ClN2O. The second-order valence-electron chi connectivity index (χ2n) is 6.22. The number of hydrogen-bond acceptors (Lipinski definition) is 3. The first-order valence-electron chi connectivity index (χ1n) is 6.38. The summed E-state index contributed by atoms with van der Waals surface area (Å²) in [4.78, 5) is 2.19. The molecule has 19 heavy (non-hydrogen) atoms. The van der Waals surface area contributed by atoms with Crippen LogP contribution in [0.25, 0.3) is 0 Å². The van der Waals surface area contributed by atoms with Crippen molar-refractivity contribution in [1.29, 1.82) is 5.26 Å². The molecule has 1 heterocycles. The standard InChI is InChI=1S/C15H19ClN2O/c1-14(2)9-18(10-15(3,4)19-14)13-7-5-6-12(16)11(13)8-17/h5-7H,9-10H2,1-4H3. The Bertz CT molecular complexity index is 515. The molecular weight excluding hydrogens is 260 g/mol. The van der Waals surface area contributed by atoms with E-state index in [0.717, 1.165) is 18.8 Å². The van der Waals surface area contributed by atoms with Crippen molar-refractivity contribution in [2.75, 3.05) is 18.0 Å². The number of morpholine rings is 1. The van der Waals surface area contributed by atoms with Gasteiger partial charge in [-0.15, -0.1) is 0 Å². The summed E-state index contributed by atoms with van der Waals surface area (Å²) in [5.74, 6) is 0. The highest BCUT2D eigenvalue weighted by Gasteiger charge is 2.38. The zero-order valence-electron chi connectivity index (χ0n) is 11.8. The number of nitrogens with zero attached hydrogens (tertiary/aromatic N) is 2. The van der Waals surface area contributed by atoms with E-state index in [1.165, 1.54) is 0 Å². The van der Waals surface area contributed by atoms with Gasteiger partial charge in [-0.05, 0) is 39.8 Å². The predicted molar refractivity (Wildman–Crippen MR) is 77.6 cm³/mol. The molecule has 0 amide bonds. The molecule has 0 bridgehead atoms. The van der Waals surface area contributed by atoms with Gasteiger partial charge in [-0.1, -0.05) is 17.7 Å². The minimum absolute atomic E-state index is 0.253. The van der Waals surface area contributed by atoms with Crippen LogP contribution < -0.4 is 4.90 Å². The second-order valence-corrected chi connectivity index (χ2v) is 6.63. The SMILES string of the molecule is CC1(C)CN(c2cccc(Cl)c2C#N)CC(C)(C)O1. The van der Waals surface area contributed by atoms with Gasteiger partial charge in [0.05, 0.1) is 27.5 Å². The topological polar surface area (TPSA) is 36.3 Å². The number of rotatable bonds is 1. The quantitative estimate of drug-likeness (QED) is 0.787. The molecule has 3 nitrogen and oxygen atoms in total. The molecule has 1 saturated heterocycles. The lowest BCUT2D eigenvalue weighted by Gasteiger charge is -2.48. The maximum absolute atomic E-state index is 9.30. The molecule has 1 aromatic rings. The van der Waals surface area contributed by atoms with Crippen LogP contribution in [0.3, 0.4) is 0 Å². The number of anilines is 1. The molecule has 0 spiro atoms. The van der Waals surface area contributed by atoms with Crippen LogP contribution in [0, 0.1) is 11.3 Å². The smallest absolute Gasteiger partial charge is 0.103 e. The summed E-state index contributed by atoms with van der Waals surface area (Å²) in [5.41, 5.74) is 0.922. The maximum atomic E-state index is 9.30. The highest BCUT2D eigenvalue weighted by Crippen LogP contribution is 2.34. The van der Waals surface area contributed by atoms with Crippen molar-refractivity contribution >= 4 is 17.3 Å². The largest absolute Gasteiger partial charge is 0.366 e. The fourth-order valence-electron chi connectivity index (χ4n) is 2.84. The van der Waals surface area contributed by atoms with E-state index in [0.29, 0.717) is 10.6 Å². The average Bonchev–Trinajstić information content (AvgIpc) is 2.24. The monoisotopic (exact) mass is 278 g/mol. The molecule has 1 fully saturated rings. The van der Waals surface area contributed by atoms with Crippen molar-refractivity contribution in [2.24, 2.45) is 0 Å². The Balaban J connectivity index is 2.42. The summed E-state index contributed by atoms with van der Waals surface area (Å²) in [5, 5.41) is 9.80. The van der Waals surface area contributed by atoms with E-state index in [4.69, 9.17) is 16.3 Å². The van der Waals surface area contributed by atoms with E-state index < -0.39 is 0 Å². The van der Waals surface area contributed by atoms with Crippen molar-refractivity contribution in [3.8, 4) is 6.07 Å². The van der Waals surface area contributed by atoms with Crippen LogP contribution in [0.2, 0.25) is 5.02 Å². The second kappa shape index (κ2) is 4.70. The Kier molecular flexibility index (Phi) is 3.51. The molecule has 102 valence electrons. The van der Waals surface area contributed by atoms with E-state index in [1.54, 1.807) is 6.07 Å². The number of nitriles is 1. The minimum atomic E-state index is -0.253. The predicted octanol–water partition coefficient (Wildman–Crippen LogP) is 3.61. The van der Waals surface area contributed by atoms with Gasteiger partial charge in [-0.25, -0.2) is 0 Å². The number of benzene rings is 1. The number of ether oxygens (including phenoxy) is 1. The van der Waals surface area contributed by atoms with Crippen molar-refractivity contribution < 1.29 is 4.74 Å². The van der Waals surface area contributed by atoms with Crippen LogP contribution in [0.1, 0.15) is 33.3 Å². The normalized spacial score (nSPS) is 20.9. The van der Waals surface area contributed by atoms with Crippen molar-refractivity contribution in [2.45, 2.75) is 38.9 Å². The Labute approximate surface area is 119 Å². The molecule has 0 unspecified atom stereocenters. The molecule has 0 aromatic heterocycles. The van der Waals surface area contributed by atoms with E-state index in [-0.39, 0.29) is 11.2 Å². The van der Waals surface area contributed by atoms with Gasteiger partial charge in [-0.3, -0.25) is 0 Å². The highest BCUT2D eigenvalue weighted by atomic mass is 35.5. The Hall–Kier alpha value is -1.24. The molecule has 2 rings (SSSR count). The van der Waals surface area contributed by atoms with Gasteiger partial charge < -0.3 is 9.64 Å². The molecule has 1 aliphatic rings. The molecule has 0 atom stereocenters. The van der Waals surface area contributed by atoms with Gasteiger partial charge >= 0.3 is 0 Å². The van der Waals surface area contributed by atoms with Crippen LogP contribution in [0.4, 0.5) is 5.69 Å². The van der Waals surface area contributed by atoms with Gasteiger partial charge in [0.15, 0.2) is 0 Å². The van der Waals surface area contributed by atoms with E-state index in [2.05, 4.69) is 38.7 Å². The zero-order chi connectivity index (χ0) is 14.3. The van der Waals surface area contributed by atoms with Crippen LogP contribution in [0.15, 0.2) is 18.2 Å². The van der Waals surface area contributed by atoms with Gasteiger partial charge in [0.1, 0.15) is 6.07 Å². The lowest BCUT2D eigenvalue weighted by atomic mass is 9.97. The van der Waals surface area contributed by atoms with Gasteiger partial charge in [0.25, 0.3) is 0 Å². The summed E-state index contributed by atoms with van der Waals surface area (Å²) in [6.07, 6.45) is 0. The van der Waals surface area contributed by atoms with E-state index in [9.17, 15) is 5.26 Å². The van der Waals surface area contributed by atoms with E-state index in [1.807, 2.05) is 12.1 Å². The van der Waals surface area contributed by atoms with Crippen molar-refractivity contribution in [1.82, 2.24) is 0 Å². The average molecular weight is 279 g/mol. The van der Waals surface area contributed by atoms with Crippen LogP contribution >= 0.6 is 11.6 Å². The van der Waals surface area contributed by atoms with Crippen LogP contribution in [0.5, 0.6) is 0 Å². The highest BCUT2D eigenvalue weighted by molar-refractivity contribution is 6.32. The third-order valence-electron chi connectivity index (χ3n) is 3.14. The van der Waals surface area contributed by atoms with Crippen LogP contribution in [-0.4, -0.2) is 24.3 Å². The third kappa shape index (κ3) is 3.02. The molecule has 1 aliphatic heterocycles. The molecule has 0 radical (unpaired) electrons. The van der Waals surface area contributed by atoms with Gasteiger partial charge in [-0.2, -0.15) is 5.26 Å². The Morgan fingerprint density at radius 2 is 1.79 bits per heavy atom. The number of halogens is 1. The summed E-state index contributed by atoms with van der Waals surface area (Å²) in [6.45, 7) is 9.75. The zero-order valence-corrected chi connectivity index (χ0v) is 12.6. The summed E-state index contributed by atoms with van der Waals surface area (Å²) in [6, 6.07) is 7.78. The van der Waals surface area contributed by atoms with Crippen molar-refractivity contribution in [3.05, 3.63) is 28.8 Å². The Morgan fingerprint density at radius 3 is 2.32 bits per heavy atom. The maximum Gasteiger partial charge on any atom is 0.103 e. The fraction of sp³-hybridized carbons (Fsp3) is 0.533. The van der Waals surface area contributed by atoms with E-state index >= 15 is 0 Å². The molecule has 0 aliphatic carbocycles. The first-order valence-corrected chi connectivity index (χ1v) is 6.76. The first kappa shape index (κ1) is 14.2. The van der Waals surface area contributed by atoms with Crippen molar-refractivity contribution in [3.63, 3.8) is 0 Å². The molecule has 0 saturated carbocycles. The van der Waals surface area contributed by atoms with Crippen LogP contribution in [-0.2, 0) is 4.74 Å². The lowest BCUT2D eigenvalue weighted by molar-refractivity contribution is -0.133. The summed E-state index contributed by atoms with van der Waals surface area (Å²) >= 11 is 6.11. The van der Waals surface area contributed by atoms with Gasteiger partial charge in [0.2, 0.25) is 0 Å². The lowest BCUT2D eigenvalue weighted by Crippen LogP contribution is -2.57. The summed E-state index contributed by atoms with van der Waals surface area (Å²) in [7, 11) is 0. The first-order chi connectivity index (χ1) is 8.74. The molecule has 1 aromatic carbocycles. The molecule has 4 heteroatoms. The fourth-order valence-corrected chi connectivity index (χ4v) is 3.06. The molecule has 0 N–H and O–H groups in total. The third-order valence-corrected chi connectivity index (χ3v) is 3.45.